The van der Waals surface area contributed by atoms with Crippen LogP contribution in [0, 0.1) is 0 Å². The fourth-order valence-corrected chi connectivity index (χ4v) is 2.63. The van der Waals surface area contributed by atoms with Gasteiger partial charge in [0.1, 0.15) is 18.0 Å². The Labute approximate surface area is 115 Å². The van der Waals surface area contributed by atoms with Crippen molar-refractivity contribution in [1.82, 2.24) is 14.9 Å². The van der Waals surface area contributed by atoms with Crippen LogP contribution < -0.4 is 10.2 Å². The average Bonchev–Trinajstić information content (AvgIpc) is 3.30. The fourth-order valence-electron chi connectivity index (χ4n) is 2.63. The van der Waals surface area contributed by atoms with Crippen LogP contribution in [0.25, 0.3) is 0 Å². The van der Waals surface area contributed by atoms with Gasteiger partial charge in [0.25, 0.3) is 0 Å². The van der Waals surface area contributed by atoms with Crippen molar-refractivity contribution in [2.75, 3.05) is 42.9 Å². The van der Waals surface area contributed by atoms with Gasteiger partial charge in [0.2, 0.25) is 0 Å². The second-order valence-electron chi connectivity index (χ2n) is 5.44. The van der Waals surface area contributed by atoms with Gasteiger partial charge in [-0.3, -0.25) is 4.90 Å². The van der Waals surface area contributed by atoms with E-state index in [0.29, 0.717) is 0 Å². The largest absolute Gasteiger partial charge is 0.370 e. The molecule has 104 valence electrons. The minimum Gasteiger partial charge on any atom is -0.370 e. The quantitative estimate of drug-likeness (QED) is 0.872. The molecular weight excluding hydrogens is 238 g/mol. The van der Waals surface area contributed by atoms with Crippen LogP contribution >= 0.6 is 0 Å². The summed E-state index contributed by atoms with van der Waals surface area (Å²) in [6, 6.07) is 2.96. The van der Waals surface area contributed by atoms with E-state index in [-0.39, 0.29) is 0 Å². The third kappa shape index (κ3) is 3.15. The maximum Gasteiger partial charge on any atom is 0.134 e. The zero-order valence-electron chi connectivity index (χ0n) is 11.7. The summed E-state index contributed by atoms with van der Waals surface area (Å²) in [7, 11) is 0. The van der Waals surface area contributed by atoms with Gasteiger partial charge >= 0.3 is 0 Å². The Bertz CT molecular complexity index is 410. The van der Waals surface area contributed by atoms with Gasteiger partial charge in [0, 0.05) is 44.8 Å². The Morgan fingerprint density at radius 3 is 2.68 bits per heavy atom. The first kappa shape index (κ1) is 12.7. The molecule has 0 amide bonds. The summed E-state index contributed by atoms with van der Waals surface area (Å²) >= 11 is 0. The molecule has 5 heteroatoms. The Morgan fingerprint density at radius 2 is 2.00 bits per heavy atom. The molecule has 3 rings (SSSR count). The minimum absolute atomic E-state index is 0.884. The van der Waals surface area contributed by atoms with E-state index in [9.17, 15) is 0 Å². The van der Waals surface area contributed by atoms with Gasteiger partial charge in [-0.05, 0) is 19.3 Å². The van der Waals surface area contributed by atoms with Crippen LogP contribution in [0.5, 0.6) is 0 Å². The van der Waals surface area contributed by atoms with Crippen LogP contribution in [0.3, 0.4) is 0 Å². The van der Waals surface area contributed by atoms with Crippen molar-refractivity contribution in [2.45, 2.75) is 32.2 Å². The molecule has 2 aliphatic rings. The average molecular weight is 261 g/mol. The number of nitrogens with zero attached hydrogens (tertiary/aromatic N) is 4. The Hall–Kier alpha value is -1.36. The van der Waals surface area contributed by atoms with E-state index in [1.165, 1.54) is 25.9 Å². The van der Waals surface area contributed by atoms with Gasteiger partial charge in [0.05, 0.1) is 0 Å². The predicted molar refractivity (Wildman–Crippen MR) is 77.6 cm³/mol. The molecule has 1 aliphatic heterocycles. The van der Waals surface area contributed by atoms with Crippen LogP contribution in [-0.4, -0.2) is 53.6 Å². The van der Waals surface area contributed by atoms with E-state index in [2.05, 4.69) is 38.1 Å². The summed E-state index contributed by atoms with van der Waals surface area (Å²) in [4.78, 5) is 13.7. The number of nitrogens with one attached hydrogen (secondary N) is 1. The van der Waals surface area contributed by atoms with E-state index >= 15 is 0 Å². The Balaban J connectivity index is 1.59. The van der Waals surface area contributed by atoms with E-state index in [1.54, 1.807) is 6.33 Å². The van der Waals surface area contributed by atoms with E-state index in [0.717, 1.165) is 43.7 Å². The third-order valence-electron chi connectivity index (χ3n) is 3.91. The molecule has 0 spiro atoms. The summed E-state index contributed by atoms with van der Waals surface area (Å²) < 4.78 is 0. The SMILES string of the molecule is CCCNc1cc(N2CCN(C3CC3)CC2)ncn1. The number of rotatable bonds is 5. The van der Waals surface area contributed by atoms with E-state index < -0.39 is 0 Å². The smallest absolute Gasteiger partial charge is 0.134 e. The molecule has 2 fully saturated rings. The van der Waals surface area contributed by atoms with Gasteiger partial charge in [-0.25, -0.2) is 9.97 Å². The van der Waals surface area contributed by atoms with Crippen molar-refractivity contribution >= 4 is 11.6 Å². The molecule has 19 heavy (non-hydrogen) atoms. The molecule has 1 aromatic rings. The lowest BCUT2D eigenvalue weighted by molar-refractivity contribution is 0.247. The molecule has 2 heterocycles. The highest BCUT2D eigenvalue weighted by atomic mass is 15.3. The maximum atomic E-state index is 4.41. The number of aromatic nitrogens is 2. The van der Waals surface area contributed by atoms with Gasteiger partial charge in [-0.15, -0.1) is 0 Å². The Kier molecular flexibility index (Phi) is 3.82. The monoisotopic (exact) mass is 261 g/mol. The molecule has 1 saturated heterocycles. The van der Waals surface area contributed by atoms with Crippen molar-refractivity contribution in [3.05, 3.63) is 12.4 Å². The molecule has 0 unspecified atom stereocenters. The molecule has 1 aliphatic carbocycles. The second kappa shape index (κ2) is 5.74. The highest BCUT2D eigenvalue weighted by Gasteiger charge is 2.31. The molecule has 1 saturated carbocycles. The van der Waals surface area contributed by atoms with Gasteiger partial charge in [-0.2, -0.15) is 0 Å². The fraction of sp³-hybridized carbons (Fsp3) is 0.714. The molecular formula is C14H23N5. The lowest BCUT2D eigenvalue weighted by atomic mass is 10.3. The summed E-state index contributed by atoms with van der Waals surface area (Å²) in [6.07, 6.45) is 5.58. The normalized spacial score (nSPS) is 20.6. The van der Waals surface area contributed by atoms with Gasteiger partial charge in [0.15, 0.2) is 0 Å². The van der Waals surface area contributed by atoms with Crippen LogP contribution in [0.15, 0.2) is 12.4 Å². The summed E-state index contributed by atoms with van der Waals surface area (Å²) in [5, 5.41) is 3.32. The van der Waals surface area contributed by atoms with Crippen LogP contribution in [0.4, 0.5) is 11.6 Å². The van der Waals surface area contributed by atoms with Crippen molar-refractivity contribution in [2.24, 2.45) is 0 Å². The van der Waals surface area contributed by atoms with E-state index in [1.807, 2.05) is 0 Å². The van der Waals surface area contributed by atoms with Crippen molar-refractivity contribution in [3.8, 4) is 0 Å². The van der Waals surface area contributed by atoms with Gasteiger partial charge in [-0.1, -0.05) is 6.92 Å². The first-order chi connectivity index (χ1) is 9.36. The molecule has 0 aromatic carbocycles. The minimum atomic E-state index is 0.884. The standard InChI is InChI=1S/C14H23N5/c1-2-5-15-13-10-14(17-11-16-13)19-8-6-18(7-9-19)12-3-4-12/h10-12H,2-9H2,1H3,(H,15,16,17). The zero-order valence-corrected chi connectivity index (χ0v) is 11.7. The first-order valence-electron chi connectivity index (χ1n) is 7.41. The maximum absolute atomic E-state index is 4.41. The molecule has 0 radical (unpaired) electrons. The predicted octanol–water partition coefficient (Wildman–Crippen LogP) is 1.58. The summed E-state index contributed by atoms with van der Waals surface area (Å²) in [6.45, 7) is 7.64. The molecule has 5 nitrogen and oxygen atoms in total. The molecule has 1 aromatic heterocycles. The summed E-state index contributed by atoms with van der Waals surface area (Å²) in [5.74, 6) is 2.00. The zero-order chi connectivity index (χ0) is 13.1. The molecule has 0 bridgehead atoms. The number of hydrogen-bond acceptors (Lipinski definition) is 5. The number of anilines is 2. The van der Waals surface area contributed by atoms with Crippen LogP contribution in [0.2, 0.25) is 0 Å². The summed E-state index contributed by atoms with van der Waals surface area (Å²) in [5.41, 5.74) is 0. The highest BCUT2D eigenvalue weighted by molar-refractivity contribution is 5.48. The van der Waals surface area contributed by atoms with Crippen molar-refractivity contribution in [1.29, 1.82) is 0 Å². The molecule has 1 N–H and O–H groups in total. The van der Waals surface area contributed by atoms with Crippen LogP contribution in [0.1, 0.15) is 26.2 Å². The highest BCUT2D eigenvalue weighted by Crippen LogP contribution is 2.28. The van der Waals surface area contributed by atoms with Crippen molar-refractivity contribution in [3.63, 3.8) is 0 Å². The molecule has 0 atom stereocenters. The Morgan fingerprint density at radius 1 is 1.21 bits per heavy atom. The third-order valence-corrected chi connectivity index (χ3v) is 3.91. The lowest BCUT2D eigenvalue weighted by Crippen LogP contribution is -2.47. The number of piperazine rings is 1. The number of hydrogen-bond donors (Lipinski definition) is 1. The second-order valence-corrected chi connectivity index (χ2v) is 5.44. The van der Waals surface area contributed by atoms with Crippen LogP contribution in [-0.2, 0) is 0 Å². The topological polar surface area (TPSA) is 44.3 Å². The van der Waals surface area contributed by atoms with Crippen molar-refractivity contribution < 1.29 is 0 Å². The van der Waals surface area contributed by atoms with Gasteiger partial charge < -0.3 is 10.2 Å². The first-order valence-corrected chi connectivity index (χ1v) is 7.41. The van der Waals surface area contributed by atoms with E-state index in [4.69, 9.17) is 0 Å². The lowest BCUT2D eigenvalue weighted by Gasteiger charge is -2.35.